The van der Waals surface area contributed by atoms with Crippen LogP contribution in [0.5, 0.6) is 0 Å². The predicted molar refractivity (Wildman–Crippen MR) is 239 cm³/mol. The third-order valence-electron chi connectivity index (χ3n) is 12.5. The maximum Gasteiger partial charge on any atom is 0.139 e. The number of furan rings is 1. The molecule has 0 bridgehead atoms. The van der Waals surface area contributed by atoms with E-state index in [-0.39, 0.29) is 42.3 Å². The minimum absolute atomic E-state index is 0. The number of rotatable bonds is 5. The number of aliphatic hydroxyl groups is 1. The van der Waals surface area contributed by atoms with Crippen molar-refractivity contribution >= 4 is 49.2 Å². The number of nitrogens with zero attached hydrogens (tertiary/aromatic N) is 2. The molecule has 0 amide bonds. The second kappa shape index (κ2) is 16.5. The van der Waals surface area contributed by atoms with Crippen LogP contribution in [0, 0.1) is 17.9 Å². The Morgan fingerprint density at radius 3 is 2.23 bits per heavy atom. The maximum atomic E-state index is 9.86. The van der Waals surface area contributed by atoms with Crippen molar-refractivity contribution in [3.63, 3.8) is 0 Å². The molecule has 2 aromatic heterocycles. The zero-order valence-corrected chi connectivity index (χ0v) is 38.6. The van der Waals surface area contributed by atoms with Crippen LogP contribution in [0.25, 0.3) is 54.7 Å². The average Bonchev–Trinajstić information content (AvgIpc) is 3.52. The van der Waals surface area contributed by atoms with E-state index >= 15 is 0 Å². The van der Waals surface area contributed by atoms with Crippen molar-refractivity contribution in [2.75, 3.05) is 0 Å². The number of aliphatic imine (C=N–C) groups is 1. The third-order valence-corrected chi connectivity index (χ3v) is 12.5. The van der Waals surface area contributed by atoms with Crippen LogP contribution in [-0.2, 0) is 36.4 Å². The van der Waals surface area contributed by atoms with Gasteiger partial charge in [-0.3, -0.25) is 9.98 Å². The summed E-state index contributed by atoms with van der Waals surface area (Å²) in [6, 6.07) is 26.3. The van der Waals surface area contributed by atoms with Gasteiger partial charge < -0.3 is 9.52 Å². The number of aliphatic hydroxyl groups excluding tert-OH is 1. The summed E-state index contributed by atoms with van der Waals surface area (Å²) in [6.45, 7) is 24.6. The largest absolute Gasteiger partial charge is 0.512 e. The second-order valence-electron chi connectivity index (χ2n) is 19.6. The Morgan fingerprint density at radius 1 is 0.842 bits per heavy atom. The van der Waals surface area contributed by atoms with Gasteiger partial charge in [0.25, 0.3) is 0 Å². The number of fused-ring (bicyclic) bond motifs is 7. The molecule has 2 heterocycles. The number of hydrogen-bond acceptors (Lipinski definition) is 4. The third kappa shape index (κ3) is 8.67. The van der Waals surface area contributed by atoms with Crippen LogP contribution in [0.4, 0.5) is 0 Å². The fraction of sp³-hybridized carbons (Fsp3) is 0.462. The molecule has 4 nitrogen and oxygen atoms in total. The van der Waals surface area contributed by atoms with Gasteiger partial charge in [-0.1, -0.05) is 137 Å². The molecule has 2 aliphatic rings. The van der Waals surface area contributed by atoms with Crippen molar-refractivity contribution < 1.29 is 29.6 Å². The normalized spacial score (nSPS) is 17.6. The van der Waals surface area contributed by atoms with E-state index in [4.69, 9.17) is 14.4 Å². The molecule has 8 rings (SSSR count). The minimum Gasteiger partial charge on any atom is -0.512 e. The number of benzene rings is 4. The number of pyridine rings is 1. The van der Waals surface area contributed by atoms with E-state index in [0.717, 1.165) is 56.1 Å². The zero-order chi connectivity index (χ0) is 40.2. The summed E-state index contributed by atoms with van der Waals surface area (Å²) in [5.74, 6) is 1.02. The molecule has 0 aliphatic heterocycles. The molecule has 303 valence electrons. The fourth-order valence-electron chi connectivity index (χ4n) is 8.91. The first-order chi connectivity index (χ1) is 26.4. The Kier molecular flexibility index (Phi) is 12.4. The Balaban J connectivity index is 0.000000259. The SMILES string of the molecule is CC(C)(C)c1cc(-c2nccc3cc4oc5c6c(ccc5c4cc23)C(C)(C)CCC6(C)C)[c-]c2ccccc12.CC(C)C(/C=C(\O)C(C)C)=NC1CCCCC1.[Ir]. The van der Waals surface area contributed by atoms with E-state index in [1.165, 1.54) is 66.0 Å². The monoisotopic (exact) mass is 940 g/mol. The summed E-state index contributed by atoms with van der Waals surface area (Å²) < 4.78 is 6.73. The molecular weight excluding hydrogens is 877 g/mol. The number of allylic oxidation sites excluding steroid dienone is 2. The van der Waals surface area contributed by atoms with Gasteiger partial charge in [0.15, 0.2) is 0 Å². The number of aromatic nitrogens is 1. The van der Waals surface area contributed by atoms with Gasteiger partial charge in [-0.05, 0) is 88.5 Å². The van der Waals surface area contributed by atoms with Crippen LogP contribution in [0.15, 0.2) is 88.1 Å². The van der Waals surface area contributed by atoms with Crippen LogP contribution >= 0.6 is 0 Å². The molecule has 0 unspecified atom stereocenters. The van der Waals surface area contributed by atoms with Crippen molar-refractivity contribution in [2.24, 2.45) is 16.8 Å². The molecule has 0 spiro atoms. The molecular formula is C52H63IrN2O2-. The van der Waals surface area contributed by atoms with E-state index in [0.29, 0.717) is 17.7 Å². The molecule has 1 fully saturated rings. The van der Waals surface area contributed by atoms with Crippen molar-refractivity contribution in [3.8, 4) is 11.3 Å². The topological polar surface area (TPSA) is 58.6 Å². The first-order valence-corrected chi connectivity index (χ1v) is 21.2. The van der Waals surface area contributed by atoms with Gasteiger partial charge in [-0.2, -0.15) is 0 Å². The maximum absolute atomic E-state index is 9.86. The summed E-state index contributed by atoms with van der Waals surface area (Å²) in [4.78, 5) is 9.77. The number of hydrogen-bond donors (Lipinski definition) is 1. The fourth-order valence-corrected chi connectivity index (χ4v) is 8.91. The molecule has 1 radical (unpaired) electrons. The van der Waals surface area contributed by atoms with E-state index in [1.807, 2.05) is 26.1 Å². The van der Waals surface area contributed by atoms with Gasteiger partial charge >= 0.3 is 0 Å². The molecule has 4 aromatic carbocycles. The van der Waals surface area contributed by atoms with Gasteiger partial charge in [0.2, 0.25) is 0 Å². The molecule has 6 aromatic rings. The van der Waals surface area contributed by atoms with E-state index < -0.39 is 0 Å². The molecule has 1 saturated carbocycles. The van der Waals surface area contributed by atoms with Crippen molar-refractivity contribution in [2.45, 2.75) is 143 Å². The molecule has 0 atom stereocenters. The Morgan fingerprint density at radius 2 is 1.54 bits per heavy atom. The summed E-state index contributed by atoms with van der Waals surface area (Å²) in [5.41, 5.74) is 9.42. The van der Waals surface area contributed by atoms with Crippen molar-refractivity contribution in [1.29, 1.82) is 0 Å². The van der Waals surface area contributed by atoms with Crippen LogP contribution in [0.1, 0.15) is 138 Å². The first kappa shape index (κ1) is 42.8. The Bertz CT molecular complexity index is 2470. The summed E-state index contributed by atoms with van der Waals surface area (Å²) in [5, 5.41) is 16.9. The van der Waals surface area contributed by atoms with Gasteiger partial charge in [-0.15, -0.1) is 29.1 Å². The van der Waals surface area contributed by atoms with Gasteiger partial charge in [0.1, 0.15) is 11.2 Å². The smallest absolute Gasteiger partial charge is 0.139 e. The molecule has 5 heteroatoms. The molecule has 1 N–H and O–H groups in total. The van der Waals surface area contributed by atoms with Crippen LogP contribution in [-0.4, -0.2) is 21.8 Å². The Labute approximate surface area is 355 Å². The van der Waals surface area contributed by atoms with E-state index in [9.17, 15) is 5.11 Å². The summed E-state index contributed by atoms with van der Waals surface area (Å²) in [7, 11) is 0. The minimum atomic E-state index is 0. The average molecular weight is 940 g/mol. The van der Waals surface area contributed by atoms with Gasteiger partial charge in [0.05, 0.1) is 11.8 Å². The zero-order valence-electron chi connectivity index (χ0n) is 36.2. The van der Waals surface area contributed by atoms with Crippen molar-refractivity contribution in [3.05, 3.63) is 101 Å². The molecule has 0 saturated heterocycles. The standard InChI is InChI=1S/C37H36NO.C15H27NO.Ir/c1-35(2,3)30-19-24(18-22-10-8-9-11-25(22)30)33-27-21-28-26-12-13-29-32(37(6,7)16-15-36(29,4)5)34(26)39-31(28)20-23(27)14-17-38-33;1-11(2)14(10-15(17)12(3)4)16-13-8-6-5-7-9-13;/h8-14,17,19-21H,15-16H2,1-7H3;10-13,17H,5-9H2,1-4H3;/q-1;;/b;15-10-,16-14?;. The van der Waals surface area contributed by atoms with Gasteiger partial charge in [0, 0.05) is 60.0 Å². The predicted octanol–water partition coefficient (Wildman–Crippen LogP) is 14.9. The molecule has 57 heavy (non-hydrogen) atoms. The van der Waals surface area contributed by atoms with Gasteiger partial charge in [-0.25, -0.2) is 0 Å². The van der Waals surface area contributed by atoms with Crippen LogP contribution in [0.3, 0.4) is 0 Å². The second-order valence-corrected chi connectivity index (χ2v) is 19.6. The first-order valence-electron chi connectivity index (χ1n) is 21.2. The van der Waals surface area contributed by atoms with E-state index in [2.05, 4.69) is 129 Å². The summed E-state index contributed by atoms with van der Waals surface area (Å²) in [6.07, 6.45) is 12.5. The Hall–Kier alpha value is -3.79. The summed E-state index contributed by atoms with van der Waals surface area (Å²) >= 11 is 0. The quantitative estimate of drug-likeness (QED) is 0.106. The van der Waals surface area contributed by atoms with Crippen molar-refractivity contribution in [1.82, 2.24) is 4.98 Å². The molecule has 2 aliphatic carbocycles. The van der Waals surface area contributed by atoms with Crippen LogP contribution in [0.2, 0.25) is 0 Å². The van der Waals surface area contributed by atoms with E-state index in [1.54, 1.807) is 0 Å². The van der Waals surface area contributed by atoms with Crippen LogP contribution < -0.4 is 0 Å².